The van der Waals surface area contributed by atoms with Crippen molar-refractivity contribution in [3.05, 3.63) is 58.9 Å². The predicted molar refractivity (Wildman–Crippen MR) is 92.4 cm³/mol. The summed E-state index contributed by atoms with van der Waals surface area (Å²) in [5, 5.41) is 10.3. The molecule has 1 fully saturated rings. The molecule has 126 valence electrons. The third-order valence-electron chi connectivity index (χ3n) is 4.73. The van der Waals surface area contributed by atoms with Gasteiger partial charge in [0, 0.05) is 11.6 Å². The number of ether oxygens (including phenoxy) is 1. The zero-order chi connectivity index (χ0) is 17.1. The third-order valence-corrected chi connectivity index (χ3v) is 4.73. The number of rotatable bonds is 4. The standard InChI is InChI=1S/C20H23NO3/c1-3-24-20(23)18-9-5-8-17(21-18)15-7-4-6-14(15)16-12-13(2)10-11-19(16)22/h5,8-12,14-15,22H,3-4,6-7H2,1-2H3. The normalized spacial score (nSPS) is 20.1. The first kappa shape index (κ1) is 16.5. The van der Waals surface area contributed by atoms with E-state index in [4.69, 9.17) is 4.74 Å². The molecule has 2 unspecified atom stereocenters. The Morgan fingerprint density at radius 1 is 1.25 bits per heavy atom. The number of hydrogen-bond donors (Lipinski definition) is 1. The largest absolute Gasteiger partial charge is 0.508 e. The van der Waals surface area contributed by atoms with E-state index < -0.39 is 0 Å². The van der Waals surface area contributed by atoms with Crippen molar-refractivity contribution in [3.63, 3.8) is 0 Å². The minimum atomic E-state index is -0.382. The molecule has 0 saturated heterocycles. The number of hydrogen-bond acceptors (Lipinski definition) is 4. The van der Waals surface area contributed by atoms with Crippen molar-refractivity contribution in [2.45, 2.75) is 44.9 Å². The van der Waals surface area contributed by atoms with E-state index in [1.807, 2.05) is 25.1 Å². The van der Waals surface area contributed by atoms with Gasteiger partial charge in [-0.05, 0) is 56.4 Å². The van der Waals surface area contributed by atoms with Crippen LogP contribution in [0.15, 0.2) is 36.4 Å². The Morgan fingerprint density at radius 3 is 2.83 bits per heavy atom. The maximum atomic E-state index is 11.9. The average molecular weight is 325 g/mol. The van der Waals surface area contributed by atoms with Crippen molar-refractivity contribution < 1.29 is 14.6 Å². The molecule has 4 heteroatoms. The van der Waals surface area contributed by atoms with Crippen LogP contribution >= 0.6 is 0 Å². The highest BCUT2D eigenvalue weighted by Gasteiger charge is 2.32. The molecule has 24 heavy (non-hydrogen) atoms. The molecule has 0 bridgehead atoms. The van der Waals surface area contributed by atoms with E-state index >= 15 is 0 Å². The minimum Gasteiger partial charge on any atom is -0.508 e. The van der Waals surface area contributed by atoms with Crippen LogP contribution in [0.2, 0.25) is 0 Å². The Balaban J connectivity index is 1.92. The topological polar surface area (TPSA) is 59.4 Å². The summed E-state index contributed by atoms with van der Waals surface area (Å²) in [6.07, 6.45) is 3.12. The van der Waals surface area contributed by atoms with Crippen LogP contribution in [0.25, 0.3) is 0 Å². The number of pyridine rings is 1. The maximum Gasteiger partial charge on any atom is 0.356 e. The predicted octanol–water partition coefficient (Wildman–Crippen LogP) is 4.32. The van der Waals surface area contributed by atoms with Crippen LogP contribution in [0.5, 0.6) is 5.75 Å². The van der Waals surface area contributed by atoms with Crippen LogP contribution in [-0.4, -0.2) is 22.7 Å². The number of nitrogens with zero attached hydrogens (tertiary/aromatic N) is 1. The van der Waals surface area contributed by atoms with Crippen LogP contribution < -0.4 is 0 Å². The number of aromatic nitrogens is 1. The van der Waals surface area contributed by atoms with Crippen LogP contribution in [0, 0.1) is 6.92 Å². The lowest BCUT2D eigenvalue weighted by atomic mass is 9.85. The van der Waals surface area contributed by atoms with Crippen LogP contribution in [-0.2, 0) is 4.74 Å². The fourth-order valence-corrected chi connectivity index (χ4v) is 3.63. The molecule has 3 rings (SSSR count). The Hall–Kier alpha value is -2.36. The van der Waals surface area contributed by atoms with Gasteiger partial charge in [0.05, 0.1) is 6.61 Å². The summed E-state index contributed by atoms with van der Waals surface area (Å²) in [7, 11) is 0. The van der Waals surface area contributed by atoms with E-state index in [0.29, 0.717) is 18.1 Å². The van der Waals surface area contributed by atoms with Gasteiger partial charge in [0.2, 0.25) is 0 Å². The molecule has 1 heterocycles. The van der Waals surface area contributed by atoms with E-state index in [1.54, 1.807) is 19.1 Å². The van der Waals surface area contributed by atoms with Gasteiger partial charge in [-0.1, -0.05) is 30.2 Å². The summed E-state index contributed by atoms with van der Waals surface area (Å²) in [4.78, 5) is 16.5. The highest BCUT2D eigenvalue weighted by molar-refractivity contribution is 5.87. The Morgan fingerprint density at radius 2 is 2.04 bits per heavy atom. The molecule has 0 amide bonds. The highest BCUT2D eigenvalue weighted by Crippen LogP contribution is 2.47. The molecular formula is C20H23NO3. The number of aryl methyl sites for hydroxylation is 1. The van der Waals surface area contributed by atoms with E-state index in [0.717, 1.165) is 36.1 Å². The average Bonchev–Trinajstić information content (AvgIpc) is 3.07. The molecule has 0 spiro atoms. The van der Waals surface area contributed by atoms with Crippen molar-refractivity contribution in [3.8, 4) is 5.75 Å². The van der Waals surface area contributed by atoms with Gasteiger partial charge >= 0.3 is 5.97 Å². The number of esters is 1. The molecule has 4 nitrogen and oxygen atoms in total. The number of phenolic OH excluding ortho intramolecular Hbond substituents is 1. The second-order valence-electron chi connectivity index (χ2n) is 6.37. The molecule has 1 aromatic heterocycles. The number of benzene rings is 1. The first-order chi connectivity index (χ1) is 11.6. The van der Waals surface area contributed by atoms with Gasteiger partial charge in [0.25, 0.3) is 0 Å². The third kappa shape index (κ3) is 3.28. The molecule has 2 aromatic rings. The van der Waals surface area contributed by atoms with Gasteiger partial charge in [0.1, 0.15) is 11.4 Å². The zero-order valence-corrected chi connectivity index (χ0v) is 14.2. The van der Waals surface area contributed by atoms with Crippen molar-refractivity contribution in [1.82, 2.24) is 4.98 Å². The van der Waals surface area contributed by atoms with Gasteiger partial charge in [0.15, 0.2) is 0 Å². The minimum absolute atomic E-state index is 0.215. The zero-order valence-electron chi connectivity index (χ0n) is 14.2. The summed E-state index contributed by atoms with van der Waals surface area (Å²) in [6, 6.07) is 11.3. The lowest BCUT2D eigenvalue weighted by Gasteiger charge is -2.21. The quantitative estimate of drug-likeness (QED) is 0.850. The Bertz CT molecular complexity index is 741. The summed E-state index contributed by atoms with van der Waals surface area (Å²) in [5.41, 5.74) is 3.39. The fraction of sp³-hybridized carbons (Fsp3) is 0.400. The molecule has 2 atom stereocenters. The van der Waals surface area contributed by atoms with E-state index in [-0.39, 0.29) is 17.8 Å². The van der Waals surface area contributed by atoms with Crippen molar-refractivity contribution in [2.75, 3.05) is 6.61 Å². The molecule has 1 aromatic carbocycles. The van der Waals surface area contributed by atoms with Gasteiger partial charge in [-0.15, -0.1) is 0 Å². The molecule has 0 radical (unpaired) electrons. The summed E-state index contributed by atoms with van der Waals surface area (Å²) >= 11 is 0. The Kier molecular flexibility index (Phi) is 4.84. The van der Waals surface area contributed by atoms with Crippen LogP contribution in [0.3, 0.4) is 0 Å². The van der Waals surface area contributed by atoms with Gasteiger partial charge in [-0.25, -0.2) is 9.78 Å². The highest BCUT2D eigenvalue weighted by atomic mass is 16.5. The summed E-state index contributed by atoms with van der Waals surface area (Å²) in [6.45, 7) is 4.16. The van der Waals surface area contributed by atoms with E-state index in [1.165, 1.54) is 0 Å². The molecule has 1 aliphatic rings. The molecule has 0 aliphatic heterocycles. The second-order valence-corrected chi connectivity index (χ2v) is 6.37. The summed E-state index contributed by atoms with van der Waals surface area (Å²) < 4.78 is 5.05. The van der Waals surface area contributed by atoms with Crippen LogP contribution in [0.4, 0.5) is 0 Å². The number of aromatic hydroxyl groups is 1. The van der Waals surface area contributed by atoms with E-state index in [9.17, 15) is 9.90 Å². The fourth-order valence-electron chi connectivity index (χ4n) is 3.63. The number of phenols is 1. The van der Waals surface area contributed by atoms with Gasteiger partial charge in [-0.3, -0.25) is 0 Å². The smallest absolute Gasteiger partial charge is 0.356 e. The molecule has 1 aliphatic carbocycles. The van der Waals surface area contributed by atoms with Crippen LogP contribution in [0.1, 0.15) is 65.3 Å². The summed E-state index contributed by atoms with van der Waals surface area (Å²) in [5.74, 6) is 0.410. The molecular weight excluding hydrogens is 302 g/mol. The van der Waals surface area contributed by atoms with Crippen molar-refractivity contribution in [1.29, 1.82) is 0 Å². The number of carbonyl (C=O) groups is 1. The maximum absolute atomic E-state index is 11.9. The SMILES string of the molecule is CCOC(=O)c1cccc(C2CCCC2c2cc(C)ccc2O)n1. The number of carbonyl (C=O) groups excluding carboxylic acids is 1. The van der Waals surface area contributed by atoms with Gasteiger partial charge < -0.3 is 9.84 Å². The molecule has 1 N–H and O–H groups in total. The second kappa shape index (κ2) is 7.04. The van der Waals surface area contributed by atoms with Crippen molar-refractivity contribution in [2.24, 2.45) is 0 Å². The van der Waals surface area contributed by atoms with Gasteiger partial charge in [-0.2, -0.15) is 0 Å². The Labute approximate surface area is 142 Å². The van der Waals surface area contributed by atoms with E-state index in [2.05, 4.69) is 11.1 Å². The first-order valence-electron chi connectivity index (χ1n) is 8.53. The monoisotopic (exact) mass is 325 g/mol. The van der Waals surface area contributed by atoms with Crippen molar-refractivity contribution >= 4 is 5.97 Å². The molecule has 1 saturated carbocycles. The lowest BCUT2D eigenvalue weighted by Crippen LogP contribution is -2.12. The first-order valence-corrected chi connectivity index (χ1v) is 8.53. The lowest BCUT2D eigenvalue weighted by molar-refractivity contribution is 0.0519.